The van der Waals surface area contributed by atoms with E-state index in [0.717, 1.165) is 6.42 Å². The summed E-state index contributed by atoms with van der Waals surface area (Å²) in [6, 6.07) is 6.06. The predicted octanol–water partition coefficient (Wildman–Crippen LogP) is 2.28. The van der Waals surface area contributed by atoms with Crippen LogP contribution in [-0.2, 0) is 9.53 Å². The highest BCUT2D eigenvalue weighted by Crippen LogP contribution is 2.35. The van der Waals surface area contributed by atoms with Gasteiger partial charge in [-0.25, -0.2) is 10.4 Å². The zero-order valence-electron chi connectivity index (χ0n) is 19.2. The summed E-state index contributed by atoms with van der Waals surface area (Å²) in [5.41, 5.74) is 4.09. The van der Waals surface area contributed by atoms with Gasteiger partial charge in [0.1, 0.15) is 12.2 Å². The van der Waals surface area contributed by atoms with Crippen molar-refractivity contribution in [3.63, 3.8) is 0 Å². The first-order chi connectivity index (χ1) is 16.2. The van der Waals surface area contributed by atoms with Gasteiger partial charge in [-0.1, -0.05) is 26.0 Å². The zero-order chi connectivity index (χ0) is 24.5. The van der Waals surface area contributed by atoms with Crippen LogP contribution in [0, 0.1) is 23.2 Å². The maximum atomic E-state index is 13.5. The molecule has 0 aliphatic carbocycles. The lowest BCUT2D eigenvalue weighted by molar-refractivity contribution is -0.159. The van der Waals surface area contributed by atoms with Crippen molar-refractivity contribution in [3.8, 4) is 6.07 Å². The van der Waals surface area contributed by atoms with Crippen LogP contribution in [0.2, 0.25) is 0 Å². The van der Waals surface area contributed by atoms with Crippen LogP contribution in [0.3, 0.4) is 0 Å². The first-order valence-corrected chi connectivity index (χ1v) is 11.7. The fourth-order valence-corrected chi connectivity index (χ4v) is 5.11. The van der Waals surface area contributed by atoms with Crippen molar-refractivity contribution >= 4 is 11.6 Å². The highest BCUT2D eigenvalue weighted by Gasteiger charge is 2.51. The molecule has 0 radical (unpaired) electrons. The Hall–Kier alpha value is -2.39. The van der Waals surface area contributed by atoms with E-state index in [0.29, 0.717) is 31.9 Å². The van der Waals surface area contributed by atoms with Gasteiger partial charge in [-0.2, -0.15) is 18.4 Å². The molecule has 4 rings (SSSR count). The number of fused-ring (bicyclic) bond motifs is 1. The number of carbonyl (C=O) groups is 1. The molecule has 0 aromatic heterocycles. The molecule has 1 amide bonds. The molecule has 4 unspecified atom stereocenters. The molecular weight excluding hydrogens is 449 g/mol. The number of hydrogen-bond donors (Lipinski definition) is 4. The number of amides is 1. The molecule has 3 fully saturated rings. The van der Waals surface area contributed by atoms with Gasteiger partial charge in [0.25, 0.3) is 0 Å². The van der Waals surface area contributed by atoms with E-state index in [-0.39, 0.29) is 35.5 Å². The van der Waals surface area contributed by atoms with Gasteiger partial charge in [-0.15, -0.1) is 0 Å². The number of piperidine rings is 1. The van der Waals surface area contributed by atoms with Crippen LogP contribution in [0.5, 0.6) is 0 Å². The lowest BCUT2D eigenvalue weighted by Crippen LogP contribution is -2.56. The van der Waals surface area contributed by atoms with Crippen molar-refractivity contribution in [3.05, 3.63) is 29.8 Å². The number of ether oxygens (including phenoxy) is 1. The number of halogens is 3. The highest BCUT2D eigenvalue weighted by molar-refractivity contribution is 5.82. The van der Waals surface area contributed by atoms with Gasteiger partial charge in [-0.05, 0) is 30.5 Å². The Morgan fingerprint density at radius 3 is 2.59 bits per heavy atom. The number of nitriles is 1. The molecule has 0 saturated carbocycles. The lowest BCUT2D eigenvalue weighted by atomic mass is 9.88. The summed E-state index contributed by atoms with van der Waals surface area (Å²) < 4.78 is 46.2. The Labute approximate surface area is 197 Å². The SMILES string of the molecule is CC(C)NC(c1ccc(NC2NN([C@H]3COCC[C@@H]3C#N)C3CCNC(=O)C23)cc1)C(F)(F)F. The van der Waals surface area contributed by atoms with Crippen LogP contribution in [0.1, 0.15) is 38.3 Å². The van der Waals surface area contributed by atoms with E-state index in [1.54, 1.807) is 26.0 Å². The van der Waals surface area contributed by atoms with Crippen molar-refractivity contribution < 1.29 is 22.7 Å². The van der Waals surface area contributed by atoms with E-state index >= 15 is 0 Å². The zero-order valence-corrected chi connectivity index (χ0v) is 19.2. The van der Waals surface area contributed by atoms with Gasteiger partial charge < -0.3 is 20.7 Å². The molecule has 0 bridgehead atoms. The van der Waals surface area contributed by atoms with Gasteiger partial charge in [0.2, 0.25) is 5.91 Å². The summed E-state index contributed by atoms with van der Waals surface area (Å²) >= 11 is 0. The minimum absolute atomic E-state index is 0.0936. The van der Waals surface area contributed by atoms with Gasteiger partial charge in [0.15, 0.2) is 0 Å². The molecule has 6 atom stereocenters. The number of alkyl halides is 3. The van der Waals surface area contributed by atoms with Crippen molar-refractivity contribution in [1.29, 1.82) is 5.26 Å². The monoisotopic (exact) mass is 480 g/mol. The first-order valence-electron chi connectivity index (χ1n) is 11.7. The molecule has 34 heavy (non-hydrogen) atoms. The fourth-order valence-electron chi connectivity index (χ4n) is 5.11. The summed E-state index contributed by atoms with van der Waals surface area (Å²) in [6.07, 6.45) is -3.53. The normalized spacial score (nSPS) is 31.0. The number of carbonyl (C=O) groups excluding carboxylic acids is 1. The number of hydrazine groups is 1. The average Bonchev–Trinajstić information content (AvgIpc) is 3.16. The Bertz CT molecular complexity index is 903. The Morgan fingerprint density at radius 1 is 1.21 bits per heavy atom. The quantitative estimate of drug-likeness (QED) is 0.496. The minimum Gasteiger partial charge on any atom is -0.380 e. The maximum absolute atomic E-state index is 13.5. The van der Waals surface area contributed by atoms with Crippen molar-refractivity contribution in [1.82, 2.24) is 21.1 Å². The molecule has 0 spiro atoms. The number of anilines is 1. The van der Waals surface area contributed by atoms with Gasteiger partial charge in [0.05, 0.1) is 30.6 Å². The lowest BCUT2D eigenvalue weighted by Gasteiger charge is -2.39. The number of nitrogens with one attached hydrogen (secondary N) is 4. The topological polar surface area (TPSA) is 101 Å². The molecule has 3 aliphatic rings. The van der Waals surface area contributed by atoms with E-state index < -0.39 is 24.3 Å². The second-order valence-corrected chi connectivity index (χ2v) is 9.42. The minimum atomic E-state index is -4.42. The average molecular weight is 481 g/mol. The van der Waals surface area contributed by atoms with E-state index in [1.807, 2.05) is 5.01 Å². The number of benzene rings is 1. The Kier molecular flexibility index (Phi) is 7.33. The summed E-state index contributed by atoms with van der Waals surface area (Å²) in [4.78, 5) is 12.8. The highest BCUT2D eigenvalue weighted by atomic mass is 19.4. The predicted molar refractivity (Wildman–Crippen MR) is 119 cm³/mol. The molecule has 1 aromatic carbocycles. The fraction of sp³-hybridized carbons (Fsp3) is 0.652. The Balaban J connectivity index is 1.52. The summed E-state index contributed by atoms with van der Waals surface area (Å²) in [5, 5.41) is 20.4. The number of nitrogens with zero attached hydrogens (tertiary/aromatic N) is 2. The second-order valence-electron chi connectivity index (χ2n) is 9.42. The van der Waals surface area contributed by atoms with Crippen LogP contribution in [0.15, 0.2) is 24.3 Å². The van der Waals surface area contributed by atoms with Crippen LogP contribution in [-0.4, -0.2) is 61.1 Å². The number of hydrogen-bond acceptors (Lipinski definition) is 7. The van der Waals surface area contributed by atoms with Crippen molar-refractivity contribution in [2.75, 3.05) is 25.1 Å². The van der Waals surface area contributed by atoms with Gasteiger partial charge >= 0.3 is 6.18 Å². The van der Waals surface area contributed by atoms with E-state index in [1.165, 1.54) is 12.1 Å². The van der Waals surface area contributed by atoms with E-state index in [9.17, 15) is 23.2 Å². The van der Waals surface area contributed by atoms with Gasteiger partial charge in [0, 0.05) is 30.9 Å². The smallest absolute Gasteiger partial charge is 0.380 e. The molecule has 11 heteroatoms. The maximum Gasteiger partial charge on any atom is 0.407 e. The van der Waals surface area contributed by atoms with Crippen LogP contribution < -0.4 is 21.4 Å². The van der Waals surface area contributed by atoms with Crippen molar-refractivity contribution in [2.45, 2.75) is 63.2 Å². The summed E-state index contributed by atoms with van der Waals surface area (Å²) in [6.45, 7) is 4.83. The molecule has 186 valence electrons. The third kappa shape index (κ3) is 5.15. The van der Waals surface area contributed by atoms with Crippen LogP contribution in [0.25, 0.3) is 0 Å². The van der Waals surface area contributed by atoms with Crippen LogP contribution >= 0.6 is 0 Å². The third-order valence-corrected chi connectivity index (χ3v) is 6.70. The number of rotatable bonds is 6. The second kappa shape index (κ2) is 10.1. The third-order valence-electron chi connectivity index (χ3n) is 6.70. The molecule has 4 N–H and O–H groups in total. The van der Waals surface area contributed by atoms with Gasteiger partial charge in [-0.3, -0.25) is 4.79 Å². The molecular formula is C23H31F3N6O2. The summed E-state index contributed by atoms with van der Waals surface area (Å²) in [7, 11) is 0. The van der Waals surface area contributed by atoms with E-state index in [4.69, 9.17) is 4.74 Å². The molecule has 3 aliphatic heterocycles. The molecule has 8 nitrogen and oxygen atoms in total. The standard InChI is InChI=1S/C23H31F3N6O2/c1-13(2)29-20(23(24,25)26)14-3-5-16(6-4-14)30-21-19-17(7-9-28-22(19)33)32(31-21)18-12-34-10-8-15(18)11-27/h3-6,13,15,17-21,29-31H,7-10,12H2,1-2H3,(H,28,33)/t15-,17?,18+,19?,20?,21?/m1/s1. The largest absolute Gasteiger partial charge is 0.407 e. The van der Waals surface area contributed by atoms with Crippen LogP contribution in [0.4, 0.5) is 18.9 Å². The van der Waals surface area contributed by atoms with E-state index in [2.05, 4.69) is 27.4 Å². The molecule has 3 heterocycles. The molecule has 3 saturated heterocycles. The Morgan fingerprint density at radius 2 is 1.94 bits per heavy atom. The summed E-state index contributed by atoms with van der Waals surface area (Å²) in [5.74, 6) is -0.721. The van der Waals surface area contributed by atoms with Crippen molar-refractivity contribution in [2.24, 2.45) is 11.8 Å². The molecule has 1 aromatic rings. The first kappa shape index (κ1) is 24.7.